The molecule has 0 spiro atoms. The number of aliphatic hydroxyl groups is 2. The van der Waals surface area contributed by atoms with Gasteiger partial charge in [-0.05, 0) is 6.42 Å². The summed E-state index contributed by atoms with van der Waals surface area (Å²) in [6.45, 7) is -2.35. The van der Waals surface area contributed by atoms with Gasteiger partial charge in [0.1, 0.15) is 0 Å². The normalized spacial score (nSPS) is 16.1. The van der Waals surface area contributed by atoms with Crippen LogP contribution < -0.4 is 0 Å². The molecule has 14 heteroatoms. The standard InChI is InChI=1S/C8H6F12O2/c9-5(10,11)3(1-2-21,6(12,13)14)4(22,7(15,16)17)8(18,19)20/h21-22H,1-2H2. The van der Waals surface area contributed by atoms with Crippen molar-refractivity contribution in [2.75, 3.05) is 6.61 Å². The second-order valence-electron chi connectivity index (χ2n) is 4.08. The number of hydrogen-bond acceptors (Lipinski definition) is 2. The Morgan fingerprint density at radius 3 is 0.955 bits per heavy atom. The first-order valence-electron chi connectivity index (χ1n) is 4.91. The third kappa shape index (κ3) is 2.70. The Morgan fingerprint density at radius 2 is 0.818 bits per heavy atom. The van der Waals surface area contributed by atoms with Crippen LogP contribution in [0.15, 0.2) is 0 Å². The van der Waals surface area contributed by atoms with Crippen molar-refractivity contribution in [2.45, 2.75) is 36.7 Å². The van der Waals surface area contributed by atoms with Crippen LogP contribution in [-0.2, 0) is 0 Å². The first-order chi connectivity index (χ1) is 9.31. The van der Waals surface area contributed by atoms with E-state index in [9.17, 15) is 52.7 Å². The fraction of sp³-hybridized carbons (Fsp3) is 1.00. The molecule has 0 bridgehead atoms. The average molecular weight is 362 g/mol. The van der Waals surface area contributed by atoms with Gasteiger partial charge in [-0.25, -0.2) is 0 Å². The van der Waals surface area contributed by atoms with Gasteiger partial charge in [-0.2, -0.15) is 52.7 Å². The minimum absolute atomic E-state index is 2.35. The summed E-state index contributed by atoms with van der Waals surface area (Å²) in [5, 5.41) is 16.8. The molecule has 2 N–H and O–H groups in total. The van der Waals surface area contributed by atoms with Crippen LogP contribution in [-0.4, -0.2) is 47.1 Å². The highest BCUT2D eigenvalue weighted by atomic mass is 19.4. The zero-order valence-corrected chi connectivity index (χ0v) is 9.84. The molecule has 0 aliphatic heterocycles. The molecule has 0 radical (unpaired) electrons. The number of rotatable bonds is 3. The van der Waals surface area contributed by atoms with Crippen LogP contribution in [0.4, 0.5) is 52.7 Å². The maximum absolute atomic E-state index is 12.6. The first-order valence-corrected chi connectivity index (χ1v) is 4.91. The number of halogens is 12. The van der Waals surface area contributed by atoms with Crippen molar-refractivity contribution in [1.82, 2.24) is 0 Å². The molecule has 0 saturated heterocycles. The lowest BCUT2D eigenvalue weighted by Crippen LogP contribution is -2.76. The summed E-state index contributed by atoms with van der Waals surface area (Å²) in [7, 11) is 0. The largest absolute Gasteiger partial charge is 0.427 e. The molecule has 0 rings (SSSR count). The van der Waals surface area contributed by atoms with Crippen LogP contribution >= 0.6 is 0 Å². The van der Waals surface area contributed by atoms with Crippen molar-refractivity contribution in [3.63, 3.8) is 0 Å². The van der Waals surface area contributed by atoms with Gasteiger partial charge in [0.05, 0.1) is 0 Å². The SMILES string of the molecule is OCCC(C(F)(F)F)(C(F)(F)F)C(O)(C(F)(F)F)C(F)(F)F. The van der Waals surface area contributed by atoms with Crippen molar-refractivity contribution in [2.24, 2.45) is 5.41 Å². The predicted molar refractivity (Wildman–Crippen MR) is 43.3 cm³/mol. The van der Waals surface area contributed by atoms with E-state index in [0.29, 0.717) is 0 Å². The molecule has 0 aromatic rings. The third-order valence-corrected chi connectivity index (χ3v) is 2.89. The number of hydrogen-bond donors (Lipinski definition) is 2. The van der Waals surface area contributed by atoms with Crippen LogP contribution in [0.5, 0.6) is 0 Å². The van der Waals surface area contributed by atoms with Crippen LogP contribution in [0.1, 0.15) is 6.42 Å². The summed E-state index contributed by atoms with van der Waals surface area (Å²) in [5.41, 5.74) is -13.9. The van der Waals surface area contributed by atoms with Gasteiger partial charge in [0, 0.05) is 6.61 Å². The van der Waals surface area contributed by atoms with E-state index in [2.05, 4.69) is 0 Å². The molecule has 0 saturated carbocycles. The smallest absolute Gasteiger partial charge is 0.396 e. The summed E-state index contributed by atoms with van der Waals surface area (Å²) in [6.07, 6.45) is -32.3. The van der Waals surface area contributed by atoms with Gasteiger partial charge in [-0.1, -0.05) is 0 Å². The van der Waals surface area contributed by atoms with Crippen LogP contribution in [0.2, 0.25) is 0 Å². The molecule has 134 valence electrons. The van der Waals surface area contributed by atoms with Crippen molar-refractivity contribution in [3.8, 4) is 0 Å². The summed E-state index contributed by atoms with van der Waals surface area (Å²) in [5.74, 6) is 0. The fourth-order valence-corrected chi connectivity index (χ4v) is 1.85. The van der Waals surface area contributed by atoms with Crippen LogP contribution in [0.25, 0.3) is 0 Å². The highest BCUT2D eigenvalue weighted by molar-refractivity contribution is 5.14. The van der Waals surface area contributed by atoms with E-state index in [-0.39, 0.29) is 0 Å². The van der Waals surface area contributed by atoms with Gasteiger partial charge in [-0.3, -0.25) is 0 Å². The highest BCUT2D eigenvalue weighted by Crippen LogP contribution is 2.66. The van der Waals surface area contributed by atoms with Gasteiger partial charge in [0.25, 0.3) is 5.60 Å². The van der Waals surface area contributed by atoms with Crippen molar-refractivity contribution in [3.05, 3.63) is 0 Å². The van der Waals surface area contributed by atoms with E-state index in [0.717, 1.165) is 0 Å². The lowest BCUT2D eigenvalue weighted by atomic mass is 9.66. The molecular formula is C8H6F12O2. The third-order valence-electron chi connectivity index (χ3n) is 2.89. The second kappa shape index (κ2) is 5.32. The Balaban J connectivity index is 7.01. The molecule has 2 nitrogen and oxygen atoms in total. The molecule has 0 heterocycles. The lowest BCUT2D eigenvalue weighted by Gasteiger charge is -2.49. The van der Waals surface area contributed by atoms with Crippen molar-refractivity contribution in [1.29, 1.82) is 0 Å². The Bertz CT molecular complexity index is 358. The molecule has 0 aromatic carbocycles. The van der Waals surface area contributed by atoms with E-state index in [4.69, 9.17) is 10.2 Å². The predicted octanol–water partition coefficient (Wildman–Crippen LogP) is 3.34. The zero-order valence-electron chi connectivity index (χ0n) is 9.84. The van der Waals surface area contributed by atoms with Gasteiger partial charge >= 0.3 is 24.7 Å². The Morgan fingerprint density at radius 1 is 0.545 bits per heavy atom. The summed E-state index contributed by atoms with van der Waals surface area (Å²) in [4.78, 5) is 0. The maximum Gasteiger partial charge on any atom is 0.427 e. The molecular weight excluding hydrogens is 356 g/mol. The second-order valence-corrected chi connectivity index (χ2v) is 4.08. The Labute approximate surface area is 113 Å². The van der Waals surface area contributed by atoms with Gasteiger partial charge < -0.3 is 10.2 Å². The summed E-state index contributed by atoms with van der Waals surface area (Å²) in [6, 6.07) is 0. The minimum atomic E-state index is -7.38. The topological polar surface area (TPSA) is 40.5 Å². The van der Waals surface area contributed by atoms with E-state index in [1.165, 1.54) is 0 Å². The summed E-state index contributed by atoms with van der Waals surface area (Å²) >= 11 is 0. The van der Waals surface area contributed by atoms with E-state index in [1.807, 2.05) is 0 Å². The minimum Gasteiger partial charge on any atom is -0.396 e. The van der Waals surface area contributed by atoms with Gasteiger partial charge in [0.15, 0.2) is 0 Å². The first kappa shape index (κ1) is 21.1. The molecule has 22 heavy (non-hydrogen) atoms. The van der Waals surface area contributed by atoms with E-state index >= 15 is 0 Å². The van der Waals surface area contributed by atoms with E-state index < -0.39 is 48.7 Å². The molecule has 0 amide bonds. The molecule has 0 aliphatic carbocycles. The van der Waals surface area contributed by atoms with E-state index in [1.54, 1.807) is 0 Å². The molecule has 0 aromatic heterocycles. The quantitative estimate of drug-likeness (QED) is 0.757. The fourth-order valence-electron chi connectivity index (χ4n) is 1.85. The van der Waals surface area contributed by atoms with Crippen molar-refractivity contribution >= 4 is 0 Å². The molecule has 0 atom stereocenters. The van der Waals surface area contributed by atoms with Crippen LogP contribution in [0, 0.1) is 5.41 Å². The molecule has 0 fully saturated rings. The highest BCUT2D eigenvalue weighted by Gasteiger charge is 2.92. The average Bonchev–Trinajstić information content (AvgIpc) is 2.17. The van der Waals surface area contributed by atoms with Gasteiger partial charge in [-0.15, -0.1) is 0 Å². The van der Waals surface area contributed by atoms with Crippen LogP contribution in [0.3, 0.4) is 0 Å². The van der Waals surface area contributed by atoms with Crippen molar-refractivity contribution < 1.29 is 62.9 Å². The van der Waals surface area contributed by atoms with Gasteiger partial charge in [0.2, 0.25) is 5.41 Å². The molecule has 0 unspecified atom stereocenters. The number of alkyl halides is 12. The number of aliphatic hydroxyl groups excluding tert-OH is 1. The zero-order chi connectivity index (χ0) is 18.4. The summed E-state index contributed by atoms with van der Waals surface area (Å²) < 4.78 is 150. The Hall–Kier alpha value is -0.920. The maximum atomic E-state index is 12.6. The Kier molecular flexibility index (Phi) is 5.09. The molecule has 0 aliphatic rings. The lowest BCUT2D eigenvalue weighted by molar-refractivity contribution is -0.486. The monoisotopic (exact) mass is 362 g/mol.